The fraction of sp³-hybridized carbons (Fsp3) is 0.652. The Morgan fingerprint density at radius 1 is 1.03 bits per heavy atom. The number of benzene rings is 1. The summed E-state index contributed by atoms with van der Waals surface area (Å²) < 4.78 is 17.0. The van der Waals surface area contributed by atoms with Crippen molar-refractivity contribution in [2.24, 2.45) is 0 Å². The van der Waals surface area contributed by atoms with Crippen molar-refractivity contribution in [3.05, 3.63) is 23.8 Å². The lowest BCUT2D eigenvalue weighted by atomic mass is 9.83. The van der Waals surface area contributed by atoms with Crippen LogP contribution in [0.5, 0.6) is 5.75 Å². The van der Waals surface area contributed by atoms with Crippen LogP contribution in [0, 0.1) is 0 Å². The van der Waals surface area contributed by atoms with E-state index in [1.807, 2.05) is 6.92 Å². The van der Waals surface area contributed by atoms with Crippen LogP contribution in [0.15, 0.2) is 18.2 Å². The molecule has 0 aromatic heterocycles. The van der Waals surface area contributed by atoms with Gasteiger partial charge in [-0.25, -0.2) is 4.79 Å². The molecule has 1 saturated carbocycles. The van der Waals surface area contributed by atoms with Crippen molar-refractivity contribution in [2.75, 3.05) is 25.1 Å². The number of unbranched alkanes of at least 4 members (excludes halogenated alkanes) is 1. The van der Waals surface area contributed by atoms with E-state index >= 15 is 0 Å². The average molecular weight is 406 g/mol. The molecule has 1 amide bonds. The summed E-state index contributed by atoms with van der Waals surface area (Å²) >= 11 is 0. The normalized spacial score (nSPS) is 15.6. The molecule has 0 unspecified atom stereocenters. The van der Waals surface area contributed by atoms with Crippen molar-refractivity contribution in [3.8, 4) is 5.75 Å². The van der Waals surface area contributed by atoms with E-state index in [1.54, 1.807) is 25.1 Å². The summed E-state index contributed by atoms with van der Waals surface area (Å²) in [7, 11) is 0. The van der Waals surface area contributed by atoms with Crippen LogP contribution in [0.1, 0.15) is 82.5 Å². The molecule has 6 heteroatoms. The molecule has 0 radical (unpaired) electrons. The second kappa shape index (κ2) is 11.8. The summed E-state index contributed by atoms with van der Waals surface area (Å²) in [5, 5.41) is 2.97. The third kappa shape index (κ3) is 6.46. The van der Waals surface area contributed by atoms with E-state index in [9.17, 15) is 9.59 Å². The van der Waals surface area contributed by atoms with Crippen LogP contribution in [0.25, 0.3) is 0 Å². The highest BCUT2D eigenvalue weighted by molar-refractivity contribution is 5.99. The molecule has 0 atom stereocenters. The van der Waals surface area contributed by atoms with Crippen LogP contribution < -0.4 is 10.1 Å². The molecule has 0 aliphatic heterocycles. The SMILES string of the molecule is CCCCOc1ccc(NC(=O)C2(OCCC)CCCCC2)cc1C(=O)OCC. The molecule has 162 valence electrons. The number of anilines is 1. The van der Waals surface area contributed by atoms with E-state index in [2.05, 4.69) is 12.2 Å². The molecule has 1 aromatic rings. The molecule has 1 aromatic carbocycles. The molecule has 0 bridgehead atoms. The summed E-state index contributed by atoms with van der Waals surface area (Å²) in [6, 6.07) is 5.11. The minimum atomic E-state index is -0.783. The van der Waals surface area contributed by atoms with E-state index in [4.69, 9.17) is 14.2 Å². The summed E-state index contributed by atoms with van der Waals surface area (Å²) in [5.74, 6) is -0.116. The Balaban J connectivity index is 2.20. The zero-order valence-electron chi connectivity index (χ0n) is 18.1. The van der Waals surface area contributed by atoms with Gasteiger partial charge in [0.15, 0.2) is 0 Å². The molecule has 1 aliphatic rings. The van der Waals surface area contributed by atoms with E-state index in [1.165, 1.54) is 0 Å². The highest BCUT2D eigenvalue weighted by Gasteiger charge is 2.40. The second-order valence-corrected chi connectivity index (χ2v) is 7.49. The van der Waals surface area contributed by atoms with Gasteiger partial charge in [0.25, 0.3) is 5.91 Å². The Hall–Kier alpha value is -2.08. The van der Waals surface area contributed by atoms with Gasteiger partial charge in [0, 0.05) is 12.3 Å². The minimum absolute atomic E-state index is 0.139. The Bertz CT molecular complexity index is 667. The van der Waals surface area contributed by atoms with Gasteiger partial charge in [-0.15, -0.1) is 0 Å². The maximum absolute atomic E-state index is 13.1. The van der Waals surface area contributed by atoms with E-state index in [0.717, 1.165) is 51.4 Å². The van der Waals surface area contributed by atoms with E-state index in [0.29, 0.717) is 30.2 Å². The van der Waals surface area contributed by atoms with Gasteiger partial charge < -0.3 is 19.5 Å². The number of rotatable bonds is 11. The molecule has 0 saturated heterocycles. The molecule has 1 fully saturated rings. The maximum Gasteiger partial charge on any atom is 0.341 e. The Labute approximate surface area is 174 Å². The quantitative estimate of drug-likeness (QED) is 0.409. The van der Waals surface area contributed by atoms with Gasteiger partial charge >= 0.3 is 5.97 Å². The molecule has 6 nitrogen and oxygen atoms in total. The largest absolute Gasteiger partial charge is 0.493 e. The fourth-order valence-electron chi connectivity index (χ4n) is 3.53. The second-order valence-electron chi connectivity index (χ2n) is 7.49. The van der Waals surface area contributed by atoms with Crippen molar-refractivity contribution in [3.63, 3.8) is 0 Å². The molecule has 2 rings (SSSR count). The Morgan fingerprint density at radius 3 is 2.45 bits per heavy atom. The first-order valence-electron chi connectivity index (χ1n) is 11.0. The van der Waals surface area contributed by atoms with Gasteiger partial charge in [-0.05, 0) is 50.8 Å². The smallest absolute Gasteiger partial charge is 0.341 e. The summed E-state index contributed by atoms with van der Waals surface area (Å²) in [4.78, 5) is 25.5. The van der Waals surface area contributed by atoms with Crippen LogP contribution in [0.4, 0.5) is 5.69 Å². The number of nitrogens with one attached hydrogen (secondary N) is 1. The first kappa shape index (κ1) is 23.2. The number of amides is 1. The lowest BCUT2D eigenvalue weighted by molar-refractivity contribution is -0.146. The number of hydrogen-bond acceptors (Lipinski definition) is 5. The number of carbonyl (C=O) groups is 2. The average Bonchev–Trinajstić information content (AvgIpc) is 2.74. The van der Waals surface area contributed by atoms with Crippen LogP contribution in [0.2, 0.25) is 0 Å². The van der Waals surface area contributed by atoms with Crippen molar-refractivity contribution in [2.45, 2.75) is 77.7 Å². The van der Waals surface area contributed by atoms with Crippen LogP contribution in [-0.2, 0) is 14.3 Å². The Kier molecular flexibility index (Phi) is 9.45. The van der Waals surface area contributed by atoms with E-state index in [-0.39, 0.29) is 12.5 Å². The lowest BCUT2D eigenvalue weighted by Crippen LogP contribution is -2.47. The molecule has 29 heavy (non-hydrogen) atoms. The summed E-state index contributed by atoms with van der Waals surface area (Å²) in [6.07, 6.45) is 7.31. The lowest BCUT2D eigenvalue weighted by Gasteiger charge is -2.35. The van der Waals surface area contributed by atoms with Gasteiger partial charge in [-0.3, -0.25) is 4.79 Å². The summed E-state index contributed by atoms with van der Waals surface area (Å²) in [5.41, 5.74) is 0.0909. The van der Waals surface area contributed by atoms with Gasteiger partial charge in [0.05, 0.1) is 13.2 Å². The first-order valence-corrected chi connectivity index (χ1v) is 11.0. The van der Waals surface area contributed by atoms with Crippen molar-refractivity contribution in [1.29, 1.82) is 0 Å². The third-order valence-corrected chi connectivity index (χ3v) is 5.15. The first-order chi connectivity index (χ1) is 14.1. The highest BCUT2D eigenvalue weighted by atomic mass is 16.5. The summed E-state index contributed by atoms with van der Waals surface area (Å²) in [6.45, 7) is 7.25. The van der Waals surface area contributed by atoms with Crippen molar-refractivity contribution >= 4 is 17.6 Å². The zero-order chi connectivity index (χ0) is 21.1. The van der Waals surface area contributed by atoms with Crippen molar-refractivity contribution in [1.82, 2.24) is 0 Å². The van der Waals surface area contributed by atoms with Crippen molar-refractivity contribution < 1.29 is 23.8 Å². The van der Waals surface area contributed by atoms with Gasteiger partial charge in [0.1, 0.15) is 16.9 Å². The van der Waals surface area contributed by atoms with Gasteiger partial charge in [0.2, 0.25) is 0 Å². The predicted octanol–water partition coefficient (Wildman–Crippen LogP) is 5.11. The predicted molar refractivity (Wildman–Crippen MR) is 113 cm³/mol. The van der Waals surface area contributed by atoms with Gasteiger partial charge in [-0.2, -0.15) is 0 Å². The number of ether oxygens (including phenoxy) is 3. The standard InChI is InChI=1S/C23H35NO5/c1-4-7-16-28-20-12-11-18(17-19(20)21(25)27-6-3)24-22(26)23(29-15-5-2)13-9-8-10-14-23/h11-12,17H,4-10,13-16H2,1-3H3,(H,24,26). The Morgan fingerprint density at radius 2 is 1.79 bits per heavy atom. The minimum Gasteiger partial charge on any atom is -0.493 e. The van der Waals surface area contributed by atoms with E-state index < -0.39 is 11.6 Å². The fourth-order valence-corrected chi connectivity index (χ4v) is 3.53. The van der Waals surface area contributed by atoms with Crippen LogP contribution >= 0.6 is 0 Å². The molecule has 0 spiro atoms. The molecule has 1 aliphatic carbocycles. The maximum atomic E-state index is 13.1. The highest BCUT2D eigenvalue weighted by Crippen LogP contribution is 2.34. The molecular weight excluding hydrogens is 370 g/mol. The monoisotopic (exact) mass is 405 g/mol. The van der Waals surface area contributed by atoms with Crippen LogP contribution in [0.3, 0.4) is 0 Å². The number of hydrogen-bond donors (Lipinski definition) is 1. The molecule has 1 N–H and O–H groups in total. The number of esters is 1. The molecular formula is C23H35NO5. The third-order valence-electron chi connectivity index (χ3n) is 5.15. The topological polar surface area (TPSA) is 73.9 Å². The van der Waals surface area contributed by atoms with Crippen LogP contribution in [-0.4, -0.2) is 37.3 Å². The molecule has 0 heterocycles. The number of carbonyl (C=O) groups excluding carboxylic acids is 2. The van der Waals surface area contributed by atoms with Gasteiger partial charge in [-0.1, -0.05) is 39.5 Å². The zero-order valence-corrected chi connectivity index (χ0v) is 18.1.